The molecule has 0 radical (unpaired) electrons. The van der Waals surface area contributed by atoms with Crippen LogP contribution >= 0.6 is 23.4 Å². The lowest BCUT2D eigenvalue weighted by molar-refractivity contribution is 1.33. The molecule has 0 saturated heterocycles. The van der Waals surface area contributed by atoms with E-state index in [1.165, 1.54) is 0 Å². The van der Waals surface area contributed by atoms with E-state index in [0.717, 1.165) is 26.8 Å². The molecule has 2 rings (SSSR count). The zero-order chi connectivity index (χ0) is 13.0. The molecule has 0 aliphatic carbocycles. The van der Waals surface area contributed by atoms with E-state index in [1.807, 2.05) is 48.5 Å². The Hall–Kier alpha value is -1.45. The Bertz CT molecular complexity index is 552. The van der Waals surface area contributed by atoms with Crippen molar-refractivity contribution in [2.24, 2.45) is 5.73 Å². The monoisotopic (exact) mass is 276 g/mol. The first-order valence-electron chi connectivity index (χ1n) is 5.47. The molecule has 2 aromatic carbocycles. The zero-order valence-corrected chi connectivity index (χ0v) is 11.3. The minimum atomic E-state index is 0.113. The predicted octanol–water partition coefficient (Wildman–Crippen LogP) is 3.92. The molecule has 0 bridgehead atoms. The van der Waals surface area contributed by atoms with E-state index >= 15 is 0 Å². The normalized spacial score (nSPS) is 10.3. The summed E-state index contributed by atoms with van der Waals surface area (Å²) in [6.07, 6.45) is 0. The number of amidine groups is 1. The van der Waals surface area contributed by atoms with Crippen molar-refractivity contribution in [2.45, 2.75) is 10.6 Å². The van der Waals surface area contributed by atoms with Crippen molar-refractivity contribution in [1.82, 2.24) is 0 Å². The van der Waals surface area contributed by atoms with E-state index in [1.54, 1.807) is 11.8 Å². The highest BCUT2D eigenvalue weighted by molar-refractivity contribution is 7.98. The fraction of sp³-hybridized carbons (Fsp3) is 0.0714. The van der Waals surface area contributed by atoms with Gasteiger partial charge in [-0.05, 0) is 29.8 Å². The van der Waals surface area contributed by atoms with Crippen molar-refractivity contribution in [3.8, 4) is 0 Å². The molecule has 0 aromatic heterocycles. The fourth-order valence-electron chi connectivity index (χ4n) is 1.60. The number of hydrogen-bond donors (Lipinski definition) is 2. The van der Waals surface area contributed by atoms with Gasteiger partial charge < -0.3 is 5.73 Å². The smallest absolute Gasteiger partial charge is 0.123 e. The highest BCUT2D eigenvalue weighted by atomic mass is 35.5. The van der Waals surface area contributed by atoms with Crippen molar-refractivity contribution in [3.05, 3.63) is 64.7 Å². The third-order valence-corrected chi connectivity index (χ3v) is 3.83. The summed E-state index contributed by atoms with van der Waals surface area (Å²) in [6.45, 7) is 0. The van der Waals surface area contributed by atoms with Gasteiger partial charge in [0.25, 0.3) is 0 Å². The number of hydrogen-bond acceptors (Lipinski definition) is 2. The minimum absolute atomic E-state index is 0.113. The van der Waals surface area contributed by atoms with Crippen molar-refractivity contribution < 1.29 is 0 Å². The maximum Gasteiger partial charge on any atom is 0.123 e. The lowest BCUT2D eigenvalue weighted by Crippen LogP contribution is -2.13. The van der Waals surface area contributed by atoms with Crippen LogP contribution in [-0.4, -0.2) is 5.84 Å². The third kappa shape index (κ3) is 3.28. The molecule has 0 spiro atoms. The Kier molecular flexibility index (Phi) is 4.28. The van der Waals surface area contributed by atoms with Gasteiger partial charge in [-0.1, -0.05) is 35.9 Å². The average Bonchev–Trinajstić information content (AvgIpc) is 2.38. The van der Waals surface area contributed by atoms with Crippen LogP contribution < -0.4 is 5.73 Å². The SMILES string of the molecule is N=C(N)c1ccccc1CSc1ccc(Cl)cc1. The third-order valence-electron chi connectivity index (χ3n) is 2.52. The second kappa shape index (κ2) is 5.94. The number of rotatable bonds is 4. The summed E-state index contributed by atoms with van der Waals surface area (Å²) >= 11 is 7.54. The lowest BCUT2D eigenvalue weighted by atomic mass is 10.1. The number of thioether (sulfide) groups is 1. The van der Waals surface area contributed by atoms with Gasteiger partial charge in [-0.2, -0.15) is 0 Å². The van der Waals surface area contributed by atoms with Crippen LogP contribution in [0.2, 0.25) is 5.02 Å². The summed E-state index contributed by atoms with van der Waals surface area (Å²) in [6, 6.07) is 15.5. The molecule has 0 atom stereocenters. The van der Waals surface area contributed by atoms with Crippen LogP contribution in [0, 0.1) is 5.41 Å². The molecule has 0 saturated carbocycles. The first-order valence-corrected chi connectivity index (χ1v) is 6.84. The van der Waals surface area contributed by atoms with Gasteiger partial charge >= 0.3 is 0 Å². The topological polar surface area (TPSA) is 49.9 Å². The summed E-state index contributed by atoms with van der Waals surface area (Å²) in [5.41, 5.74) is 7.44. The summed E-state index contributed by atoms with van der Waals surface area (Å²) in [5, 5.41) is 8.28. The number of nitrogens with two attached hydrogens (primary N) is 1. The number of nitrogens with one attached hydrogen (secondary N) is 1. The highest BCUT2D eigenvalue weighted by Crippen LogP contribution is 2.25. The van der Waals surface area contributed by atoms with Gasteiger partial charge in [0.1, 0.15) is 5.84 Å². The summed E-state index contributed by atoms with van der Waals surface area (Å²) in [4.78, 5) is 1.15. The molecule has 0 unspecified atom stereocenters. The molecule has 0 fully saturated rings. The number of halogens is 1. The van der Waals surface area contributed by atoms with Crippen molar-refractivity contribution in [3.63, 3.8) is 0 Å². The Balaban J connectivity index is 2.10. The molecule has 0 aliphatic heterocycles. The fourth-order valence-corrected chi connectivity index (χ4v) is 2.63. The molecule has 3 N–H and O–H groups in total. The van der Waals surface area contributed by atoms with Gasteiger partial charge in [-0.25, -0.2) is 0 Å². The van der Waals surface area contributed by atoms with Gasteiger partial charge in [-0.3, -0.25) is 5.41 Å². The Morgan fingerprint density at radius 1 is 1.11 bits per heavy atom. The largest absolute Gasteiger partial charge is 0.384 e. The standard InChI is InChI=1S/C14H13ClN2S/c15-11-5-7-12(8-6-11)18-9-10-3-1-2-4-13(10)14(16)17/h1-8H,9H2,(H3,16,17). The first kappa shape index (κ1) is 13.0. The summed E-state index contributed by atoms with van der Waals surface area (Å²) in [5.74, 6) is 0.902. The molecule has 2 nitrogen and oxygen atoms in total. The van der Waals surface area contributed by atoms with Gasteiger partial charge in [0.2, 0.25) is 0 Å². The van der Waals surface area contributed by atoms with Gasteiger partial charge in [0.15, 0.2) is 0 Å². The lowest BCUT2D eigenvalue weighted by Gasteiger charge is -2.07. The van der Waals surface area contributed by atoms with Crippen LogP contribution in [0.4, 0.5) is 0 Å². The average molecular weight is 277 g/mol. The van der Waals surface area contributed by atoms with Crippen LogP contribution in [0.1, 0.15) is 11.1 Å². The van der Waals surface area contributed by atoms with E-state index in [-0.39, 0.29) is 5.84 Å². The summed E-state index contributed by atoms with van der Waals surface area (Å²) in [7, 11) is 0. The molecular weight excluding hydrogens is 264 g/mol. The molecule has 4 heteroatoms. The first-order chi connectivity index (χ1) is 8.66. The number of benzene rings is 2. The Morgan fingerprint density at radius 3 is 2.44 bits per heavy atom. The highest BCUT2D eigenvalue weighted by Gasteiger charge is 2.04. The molecule has 92 valence electrons. The maximum atomic E-state index is 7.54. The molecule has 0 heterocycles. The Morgan fingerprint density at radius 2 is 1.78 bits per heavy atom. The van der Waals surface area contributed by atoms with Crippen molar-refractivity contribution >= 4 is 29.2 Å². The zero-order valence-electron chi connectivity index (χ0n) is 9.69. The minimum Gasteiger partial charge on any atom is -0.384 e. The molecule has 18 heavy (non-hydrogen) atoms. The van der Waals surface area contributed by atoms with E-state index < -0.39 is 0 Å². The van der Waals surface area contributed by atoms with E-state index in [4.69, 9.17) is 22.7 Å². The summed E-state index contributed by atoms with van der Waals surface area (Å²) < 4.78 is 0. The van der Waals surface area contributed by atoms with E-state index in [0.29, 0.717) is 0 Å². The van der Waals surface area contributed by atoms with Crippen molar-refractivity contribution in [2.75, 3.05) is 0 Å². The van der Waals surface area contributed by atoms with Crippen LogP contribution in [0.25, 0.3) is 0 Å². The van der Waals surface area contributed by atoms with E-state index in [9.17, 15) is 0 Å². The van der Waals surface area contributed by atoms with Crippen LogP contribution in [0.15, 0.2) is 53.4 Å². The predicted molar refractivity (Wildman–Crippen MR) is 78.5 cm³/mol. The Labute approximate surface area is 116 Å². The van der Waals surface area contributed by atoms with Crippen molar-refractivity contribution in [1.29, 1.82) is 5.41 Å². The molecule has 0 amide bonds. The van der Waals surface area contributed by atoms with Gasteiger partial charge in [0, 0.05) is 21.2 Å². The van der Waals surface area contributed by atoms with Gasteiger partial charge in [-0.15, -0.1) is 11.8 Å². The second-order valence-electron chi connectivity index (χ2n) is 3.81. The quantitative estimate of drug-likeness (QED) is 0.505. The molecule has 0 aliphatic rings. The maximum absolute atomic E-state index is 7.54. The second-order valence-corrected chi connectivity index (χ2v) is 5.30. The van der Waals surface area contributed by atoms with E-state index in [2.05, 4.69) is 0 Å². The van der Waals surface area contributed by atoms with Gasteiger partial charge in [0.05, 0.1) is 0 Å². The number of nitrogen functional groups attached to an aromatic ring is 1. The van der Waals surface area contributed by atoms with Crippen LogP contribution in [0.5, 0.6) is 0 Å². The van der Waals surface area contributed by atoms with Crippen LogP contribution in [0.3, 0.4) is 0 Å². The molecular formula is C14H13ClN2S. The molecule has 2 aromatic rings. The van der Waals surface area contributed by atoms with Crippen LogP contribution in [-0.2, 0) is 5.75 Å².